The molecule has 0 amide bonds. The molecule has 0 spiro atoms. The van der Waals surface area contributed by atoms with Crippen molar-refractivity contribution >= 4 is 0 Å². The first-order valence-corrected chi connectivity index (χ1v) is 7.51. The Morgan fingerprint density at radius 2 is 1.84 bits per heavy atom. The molecule has 1 aromatic rings. The predicted octanol–water partition coefficient (Wildman–Crippen LogP) is 2.70. The molecule has 3 rings (SSSR count). The molecule has 19 heavy (non-hydrogen) atoms. The number of benzene rings is 1. The average Bonchev–Trinajstić information content (AvgIpc) is 2.47. The SMILES string of the molecule is CCc1cc2c(cc1CC1CCCCN1)OCCO2. The summed E-state index contributed by atoms with van der Waals surface area (Å²) in [6.45, 7) is 4.71. The molecule has 1 saturated heterocycles. The first-order chi connectivity index (χ1) is 9.36. The Morgan fingerprint density at radius 3 is 2.47 bits per heavy atom. The molecule has 2 aliphatic heterocycles. The van der Waals surface area contributed by atoms with Crippen LogP contribution in [-0.4, -0.2) is 25.8 Å². The van der Waals surface area contributed by atoms with Gasteiger partial charge < -0.3 is 14.8 Å². The van der Waals surface area contributed by atoms with Gasteiger partial charge in [-0.05, 0) is 55.5 Å². The zero-order valence-corrected chi connectivity index (χ0v) is 11.7. The minimum absolute atomic E-state index is 0.626. The monoisotopic (exact) mass is 261 g/mol. The summed E-state index contributed by atoms with van der Waals surface area (Å²) in [6, 6.07) is 5.00. The van der Waals surface area contributed by atoms with Crippen LogP contribution in [0.5, 0.6) is 11.5 Å². The quantitative estimate of drug-likeness (QED) is 0.907. The van der Waals surface area contributed by atoms with E-state index in [-0.39, 0.29) is 0 Å². The van der Waals surface area contributed by atoms with Gasteiger partial charge in [0, 0.05) is 6.04 Å². The maximum absolute atomic E-state index is 5.71. The third-order valence-electron chi connectivity index (χ3n) is 4.12. The predicted molar refractivity (Wildman–Crippen MR) is 76.2 cm³/mol. The van der Waals surface area contributed by atoms with E-state index in [4.69, 9.17) is 9.47 Å². The highest BCUT2D eigenvalue weighted by atomic mass is 16.6. The van der Waals surface area contributed by atoms with E-state index in [9.17, 15) is 0 Å². The Morgan fingerprint density at radius 1 is 1.11 bits per heavy atom. The summed E-state index contributed by atoms with van der Waals surface area (Å²) in [5.74, 6) is 1.85. The topological polar surface area (TPSA) is 30.5 Å². The van der Waals surface area contributed by atoms with E-state index in [1.807, 2.05) is 0 Å². The number of hydrogen-bond donors (Lipinski definition) is 1. The van der Waals surface area contributed by atoms with E-state index in [0.29, 0.717) is 19.3 Å². The Labute approximate surface area is 115 Å². The lowest BCUT2D eigenvalue weighted by atomic mass is 9.93. The molecule has 3 heteroatoms. The van der Waals surface area contributed by atoms with E-state index in [1.54, 1.807) is 0 Å². The third kappa shape index (κ3) is 2.86. The van der Waals surface area contributed by atoms with Crippen molar-refractivity contribution < 1.29 is 9.47 Å². The molecule has 1 fully saturated rings. The Hall–Kier alpha value is -1.22. The van der Waals surface area contributed by atoms with Crippen LogP contribution in [0.2, 0.25) is 0 Å². The molecule has 0 aliphatic carbocycles. The number of piperidine rings is 1. The normalized spacial score (nSPS) is 22.3. The minimum atomic E-state index is 0.626. The molecule has 1 unspecified atom stereocenters. The molecular formula is C16H23NO2. The van der Waals surface area contributed by atoms with Crippen LogP contribution >= 0.6 is 0 Å². The van der Waals surface area contributed by atoms with Crippen molar-refractivity contribution in [3.63, 3.8) is 0 Å². The second kappa shape index (κ2) is 5.83. The second-order valence-corrected chi connectivity index (χ2v) is 5.47. The molecule has 2 heterocycles. The fraction of sp³-hybridized carbons (Fsp3) is 0.625. The molecule has 0 saturated carbocycles. The third-order valence-corrected chi connectivity index (χ3v) is 4.12. The molecule has 1 aromatic carbocycles. The van der Waals surface area contributed by atoms with Crippen molar-refractivity contribution in [1.29, 1.82) is 0 Å². The van der Waals surface area contributed by atoms with Crippen LogP contribution < -0.4 is 14.8 Å². The van der Waals surface area contributed by atoms with Crippen LogP contribution in [0.4, 0.5) is 0 Å². The largest absolute Gasteiger partial charge is 0.486 e. The lowest BCUT2D eigenvalue weighted by Gasteiger charge is -2.26. The van der Waals surface area contributed by atoms with Crippen LogP contribution in [0.1, 0.15) is 37.3 Å². The molecule has 0 bridgehead atoms. The molecule has 3 nitrogen and oxygen atoms in total. The fourth-order valence-electron chi connectivity index (χ4n) is 3.06. The maximum Gasteiger partial charge on any atom is 0.161 e. The molecular weight excluding hydrogens is 238 g/mol. The lowest BCUT2D eigenvalue weighted by molar-refractivity contribution is 0.171. The zero-order chi connectivity index (χ0) is 13.1. The summed E-state index contributed by atoms with van der Waals surface area (Å²) >= 11 is 0. The van der Waals surface area contributed by atoms with Crippen molar-refractivity contribution in [3.8, 4) is 11.5 Å². The van der Waals surface area contributed by atoms with Gasteiger partial charge in [0.15, 0.2) is 11.5 Å². The Bertz CT molecular complexity index is 439. The van der Waals surface area contributed by atoms with E-state index in [0.717, 1.165) is 30.9 Å². The van der Waals surface area contributed by atoms with Crippen molar-refractivity contribution in [1.82, 2.24) is 5.32 Å². The fourth-order valence-corrected chi connectivity index (χ4v) is 3.06. The second-order valence-electron chi connectivity index (χ2n) is 5.47. The summed E-state index contributed by atoms with van der Waals surface area (Å²) in [4.78, 5) is 0. The van der Waals surface area contributed by atoms with Gasteiger partial charge in [0.25, 0.3) is 0 Å². The highest BCUT2D eigenvalue weighted by Crippen LogP contribution is 2.34. The highest BCUT2D eigenvalue weighted by Gasteiger charge is 2.19. The number of rotatable bonds is 3. The minimum Gasteiger partial charge on any atom is -0.486 e. The first-order valence-electron chi connectivity index (χ1n) is 7.51. The molecule has 1 N–H and O–H groups in total. The van der Waals surface area contributed by atoms with Gasteiger partial charge in [-0.25, -0.2) is 0 Å². The Balaban J connectivity index is 1.82. The summed E-state index contributed by atoms with van der Waals surface area (Å²) in [5, 5.41) is 3.63. The first kappa shape index (κ1) is 12.8. The molecule has 0 aromatic heterocycles. The Kier molecular flexibility index (Phi) is 3.92. The van der Waals surface area contributed by atoms with Crippen molar-refractivity contribution in [2.24, 2.45) is 0 Å². The van der Waals surface area contributed by atoms with Gasteiger partial charge in [0.1, 0.15) is 13.2 Å². The van der Waals surface area contributed by atoms with Crippen LogP contribution in [0.25, 0.3) is 0 Å². The number of fused-ring (bicyclic) bond motifs is 1. The molecule has 104 valence electrons. The molecule has 1 atom stereocenters. The van der Waals surface area contributed by atoms with Crippen LogP contribution in [-0.2, 0) is 12.8 Å². The summed E-state index contributed by atoms with van der Waals surface area (Å²) in [6.07, 6.45) is 6.12. The van der Waals surface area contributed by atoms with Crippen LogP contribution in [0.3, 0.4) is 0 Å². The van der Waals surface area contributed by atoms with Gasteiger partial charge in [-0.1, -0.05) is 13.3 Å². The highest BCUT2D eigenvalue weighted by molar-refractivity contribution is 5.48. The number of ether oxygens (including phenoxy) is 2. The van der Waals surface area contributed by atoms with Crippen LogP contribution in [0, 0.1) is 0 Å². The lowest BCUT2D eigenvalue weighted by Crippen LogP contribution is -2.35. The average molecular weight is 261 g/mol. The molecule has 2 aliphatic rings. The van der Waals surface area contributed by atoms with Gasteiger partial charge in [0.05, 0.1) is 0 Å². The van der Waals surface area contributed by atoms with Gasteiger partial charge in [0.2, 0.25) is 0 Å². The number of nitrogens with one attached hydrogen (secondary N) is 1. The summed E-state index contributed by atoms with van der Waals surface area (Å²) < 4.78 is 11.4. The van der Waals surface area contributed by atoms with Crippen LogP contribution in [0.15, 0.2) is 12.1 Å². The van der Waals surface area contributed by atoms with Crippen molar-refractivity contribution in [2.75, 3.05) is 19.8 Å². The van der Waals surface area contributed by atoms with Crippen molar-refractivity contribution in [3.05, 3.63) is 23.3 Å². The number of hydrogen-bond acceptors (Lipinski definition) is 3. The van der Waals surface area contributed by atoms with Gasteiger partial charge >= 0.3 is 0 Å². The standard InChI is InChI=1S/C16H23NO2/c1-2-12-10-15-16(19-8-7-18-15)11-13(12)9-14-5-3-4-6-17-14/h10-11,14,17H,2-9H2,1H3. The van der Waals surface area contributed by atoms with Crippen molar-refractivity contribution in [2.45, 2.75) is 45.1 Å². The smallest absolute Gasteiger partial charge is 0.161 e. The zero-order valence-electron chi connectivity index (χ0n) is 11.7. The molecule has 0 radical (unpaired) electrons. The van der Waals surface area contributed by atoms with E-state index in [2.05, 4.69) is 24.4 Å². The van der Waals surface area contributed by atoms with E-state index < -0.39 is 0 Å². The summed E-state index contributed by atoms with van der Waals surface area (Å²) in [7, 11) is 0. The summed E-state index contributed by atoms with van der Waals surface area (Å²) in [5.41, 5.74) is 2.82. The van der Waals surface area contributed by atoms with Gasteiger partial charge in [-0.15, -0.1) is 0 Å². The van der Waals surface area contributed by atoms with E-state index >= 15 is 0 Å². The maximum atomic E-state index is 5.71. The van der Waals surface area contributed by atoms with Gasteiger partial charge in [-0.2, -0.15) is 0 Å². The number of aryl methyl sites for hydroxylation is 1. The van der Waals surface area contributed by atoms with Gasteiger partial charge in [-0.3, -0.25) is 0 Å². The van der Waals surface area contributed by atoms with E-state index in [1.165, 1.54) is 30.4 Å².